The fourth-order valence-corrected chi connectivity index (χ4v) is 4.57. The Balaban J connectivity index is 1.90. The quantitative estimate of drug-likeness (QED) is 0.480. The SMILES string of the molecule is Cc1c(-c2ncc(Cl)cn2)c(CN2CCOC(C)(C)C2)n(Cc2ccccc2)c1C(F)(F)F. The van der Waals surface area contributed by atoms with E-state index in [0.29, 0.717) is 42.5 Å². The Morgan fingerprint density at radius 2 is 1.76 bits per heavy atom. The van der Waals surface area contributed by atoms with Crippen LogP contribution in [0, 0.1) is 6.92 Å². The van der Waals surface area contributed by atoms with Crippen molar-refractivity contribution in [1.29, 1.82) is 0 Å². The van der Waals surface area contributed by atoms with Crippen molar-refractivity contribution >= 4 is 11.6 Å². The number of aromatic nitrogens is 3. The average Bonchev–Trinajstić information content (AvgIpc) is 3.00. The van der Waals surface area contributed by atoms with Crippen LogP contribution in [0.2, 0.25) is 5.02 Å². The summed E-state index contributed by atoms with van der Waals surface area (Å²) in [6.45, 7) is 7.61. The van der Waals surface area contributed by atoms with Crippen LogP contribution in [0.3, 0.4) is 0 Å². The first-order valence-electron chi connectivity index (χ1n) is 10.7. The van der Waals surface area contributed by atoms with Crippen LogP contribution in [-0.2, 0) is 24.0 Å². The standard InChI is InChI=1S/C24H26ClF3N4O/c1-16-20(22-29-11-18(25)12-30-22)19(14-31-9-10-33-23(2,3)15-31)32(21(16)24(26,27)28)13-17-7-5-4-6-8-17/h4-8,11-12H,9-10,13-15H2,1-3H3. The van der Waals surface area contributed by atoms with Crippen molar-refractivity contribution in [1.82, 2.24) is 19.4 Å². The summed E-state index contributed by atoms with van der Waals surface area (Å²) in [7, 11) is 0. The second kappa shape index (κ2) is 9.08. The molecular weight excluding hydrogens is 453 g/mol. The van der Waals surface area contributed by atoms with Crippen molar-refractivity contribution in [3.63, 3.8) is 0 Å². The third kappa shape index (κ3) is 5.23. The van der Waals surface area contributed by atoms with Crippen molar-refractivity contribution in [3.05, 3.63) is 70.3 Å². The Hall–Kier alpha value is -2.42. The number of hydrogen-bond acceptors (Lipinski definition) is 4. The van der Waals surface area contributed by atoms with Gasteiger partial charge in [0.15, 0.2) is 5.82 Å². The van der Waals surface area contributed by atoms with Crippen molar-refractivity contribution in [2.24, 2.45) is 0 Å². The molecule has 0 amide bonds. The van der Waals surface area contributed by atoms with Crippen LogP contribution in [0.1, 0.15) is 36.4 Å². The number of morpholine rings is 1. The third-order valence-corrected chi connectivity index (χ3v) is 5.98. The number of nitrogens with zero attached hydrogens (tertiary/aromatic N) is 4. The van der Waals surface area contributed by atoms with Crippen LogP contribution in [-0.4, -0.2) is 44.7 Å². The minimum absolute atomic E-state index is 0.0905. The molecule has 1 aliphatic rings. The van der Waals surface area contributed by atoms with E-state index in [1.54, 1.807) is 0 Å². The zero-order valence-corrected chi connectivity index (χ0v) is 19.5. The molecule has 33 heavy (non-hydrogen) atoms. The van der Waals surface area contributed by atoms with Crippen molar-refractivity contribution in [3.8, 4) is 11.4 Å². The predicted molar refractivity (Wildman–Crippen MR) is 121 cm³/mol. The monoisotopic (exact) mass is 478 g/mol. The second-order valence-corrected chi connectivity index (χ2v) is 9.34. The van der Waals surface area contributed by atoms with E-state index in [4.69, 9.17) is 16.3 Å². The molecule has 1 aromatic carbocycles. The van der Waals surface area contributed by atoms with Gasteiger partial charge in [0, 0.05) is 49.8 Å². The summed E-state index contributed by atoms with van der Waals surface area (Å²) in [6.07, 6.45) is -1.72. The van der Waals surface area contributed by atoms with Gasteiger partial charge in [-0.2, -0.15) is 13.2 Å². The molecule has 3 aromatic rings. The molecule has 4 rings (SSSR count). The molecule has 3 heterocycles. The molecule has 2 aromatic heterocycles. The molecule has 0 N–H and O–H groups in total. The topological polar surface area (TPSA) is 43.2 Å². The predicted octanol–water partition coefficient (Wildman–Crippen LogP) is 5.58. The normalized spacial score (nSPS) is 16.8. The smallest absolute Gasteiger partial charge is 0.373 e. The lowest BCUT2D eigenvalue weighted by Gasteiger charge is -2.38. The highest BCUT2D eigenvalue weighted by Crippen LogP contribution is 2.41. The molecule has 0 aliphatic carbocycles. The van der Waals surface area contributed by atoms with Gasteiger partial charge in [-0.15, -0.1) is 0 Å². The molecular formula is C24H26ClF3N4O. The molecule has 0 saturated carbocycles. The molecule has 176 valence electrons. The third-order valence-electron chi connectivity index (χ3n) is 5.79. The zero-order valence-electron chi connectivity index (χ0n) is 18.8. The molecule has 1 aliphatic heterocycles. The Labute approximate surface area is 196 Å². The fourth-order valence-electron chi connectivity index (χ4n) is 4.48. The summed E-state index contributed by atoms with van der Waals surface area (Å²) in [5.74, 6) is 0.233. The van der Waals surface area contributed by atoms with Gasteiger partial charge in [-0.25, -0.2) is 9.97 Å². The number of halogens is 4. The molecule has 0 radical (unpaired) electrons. The molecule has 0 spiro atoms. The summed E-state index contributed by atoms with van der Waals surface area (Å²) in [5, 5.41) is 0.327. The molecule has 9 heteroatoms. The lowest BCUT2D eigenvalue weighted by Crippen LogP contribution is -2.48. The Bertz CT molecular complexity index is 1110. The maximum absolute atomic E-state index is 14.4. The van der Waals surface area contributed by atoms with Gasteiger partial charge in [0.1, 0.15) is 5.69 Å². The van der Waals surface area contributed by atoms with Crippen LogP contribution < -0.4 is 0 Å². The van der Waals surface area contributed by atoms with Crippen molar-refractivity contribution in [2.75, 3.05) is 19.7 Å². The Morgan fingerprint density at radius 3 is 2.36 bits per heavy atom. The summed E-state index contributed by atoms with van der Waals surface area (Å²) in [4.78, 5) is 10.7. The summed E-state index contributed by atoms with van der Waals surface area (Å²) >= 11 is 5.95. The van der Waals surface area contributed by atoms with E-state index < -0.39 is 11.9 Å². The van der Waals surface area contributed by atoms with Gasteiger partial charge in [0.2, 0.25) is 0 Å². The van der Waals surface area contributed by atoms with Crippen LogP contribution in [0.25, 0.3) is 11.4 Å². The van der Waals surface area contributed by atoms with E-state index in [1.807, 2.05) is 44.2 Å². The van der Waals surface area contributed by atoms with Crippen molar-refractivity contribution in [2.45, 2.75) is 45.6 Å². The second-order valence-electron chi connectivity index (χ2n) is 8.91. The first kappa shape index (κ1) is 23.7. The Morgan fingerprint density at radius 1 is 1.09 bits per heavy atom. The summed E-state index contributed by atoms with van der Waals surface area (Å²) in [6, 6.07) is 9.16. The van der Waals surface area contributed by atoms with E-state index in [9.17, 15) is 13.2 Å². The van der Waals surface area contributed by atoms with Gasteiger partial charge in [-0.05, 0) is 31.9 Å². The fraction of sp³-hybridized carbons (Fsp3) is 0.417. The van der Waals surface area contributed by atoms with Gasteiger partial charge < -0.3 is 9.30 Å². The van der Waals surface area contributed by atoms with Gasteiger partial charge in [0.25, 0.3) is 0 Å². The molecule has 5 nitrogen and oxygen atoms in total. The zero-order chi connectivity index (χ0) is 23.8. The minimum Gasteiger partial charge on any atom is -0.373 e. The highest BCUT2D eigenvalue weighted by Gasteiger charge is 2.41. The highest BCUT2D eigenvalue weighted by atomic mass is 35.5. The number of rotatable bonds is 5. The van der Waals surface area contributed by atoms with Crippen LogP contribution in [0.4, 0.5) is 13.2 Å². The first-order chi connectivity index (χ1) is 15.5. The summed E-state index contributed by atoms with van der Waals surface area (Å²) in [5.41, 5.74) is 0.771. The van der Waals surface area contributed by atoms with Crippen molar-refractivity contribution < 1.29 is 17.9 Å². The van der Waals surface area contributed by atoms with Crippen LogP contribution >= 0.6 is 11.6 Å². The number of ether oxygens (including phenoxy) is 1. The number of hydrogen-bond donors (Lipinski definition) is 0. The van der Waals surface area contributed by atoms with E-state index in [2.05, 4.69) is 14.9 Å². The van der Waals surface area contributed by atoms with Gasteiger partial charge in [0.05, 0.1) is 17.2 Å². The van der Waals surface area contributed by atoms with E-state index in [0.717, 1.165) is 5.56 Å². The molecule has 0 atom stereocenters. The summed E-state index contributed by atoms with van der Waals surface area (Å²) < 4.78 is 50.3. The van der Waals surface area contributed by atoms with E-state index in [-0.39, 0.29) is 23.5 Å². The first-order valence-corrected chi connectivity index (χ1v) is 11.1. The van der Waals surface area contributed by atoms with Gasteiger partial charge >= 0.3 is 6.18 Å². The van der Waals surface area contributed by atoms with Crippen LogP contribution in [0.15, 0.2) is 42.7 Å². The van der Waals surface area contributed by atoms with Gasteiger partial charge in [-0.3, -0.25) is 4.90 Å². The minimum atomic E-state index is -4.54. The number of alkyl halides is 3. The van der Waals surface area contributed by atoms with E-state index in [1.165, 1.54) is 23.9 Å². The Kier molecular flexibility index (Phi) is 6.53. The van der Waals surface area contributed by atoms with Crippen LogP contribution in [0.5, 0.6) is 0 Å². The molecule has 1 saturated heterocycles. The maximum Gasteiger partial charge on any atom is 0.431 e. The largest absolute Gasteiger partial charge is 0.431 e. The number of benzene rings is 1. The molecule has 0 bridgehead atoms. The molecule has 0 unspecified atom stereocenters. The van der Waals surface area contributed by atoms with E-state index >= 15 is 0 Å². The average molecular weight is 479 g/mol. The van der Waals surface area contributed by atoms with Gasteiger partial charge in [-0.1, -0.05) is 41.9 Å². The lowest BCUT2D eigenvalue weighted by molar-refractivity contribution is -0.144. The maximum atomic E-state index is 14.4. The highest BCUT2D eigenvalue weighted by molar-refractivity contribution is 6.30. The lowest BCUT2D eigenvalue weighted by atomic mass is 10.1. The molecule has 1 fully saturated rings.